The Balaban J connectivity index is 1.71. The third kappa shape index (κ3) is 7.14. The van der Waals surface area contributed by atoms with Gasteiger partial charge < -0.3 is 9.88 Å². The molecule has 2 N–H and O–H groups in total. The summed E-state index contributed by atoms with van der Waals surface area (Å²) < 4.78 is 117. The average molecular weight is 551 g/mol. The number of pyridine rings is 1. The van der Waals surface area contributed by atoms with Crippen molar-refractivity contribution in [1.82, 2.24) is 9.88 Å². The van der Waals surface area contributed by atoms with E-state index in [4.69, 9.17) is 0 Å². The number of nitrogens with one attached hydrogen (secondary N) is 2. The summed E-state index contributed by atoms with van der Waals surface area (Å²) in [5, 5.41) is 3.47. The summed E-state index contributed by atoms with van der Waals surface area (Å²) >= 11 is 0. The van der Waals surface area contributed by atoms with E-state index in [-0.39, 0.29) is 30.3 Å². The second-order valence-electron chi connectivity index (χ2n) is 7.78. The molecular weight excluding hydrogens is 537 g/mol. The minimum Gasteiger partial charge on any atom is -0.311 e. The van der Waals surface area contributed by atoms with Crippen LogP contribution in [0, 0.1) is 0 Å². The Kier molecular flexibility index (Phi) is 7.61. The van der Waals surface area contributed by atoms with Gasteiger partial charge in [0.2, 0.25) is 0 Å². The van der Waals surface area contributed by atoms with Crippen LogP contribution in [0.2, 0.25) is 0 Å². The molecule has 15 heteroatoms. The summed E-state index contributed by atoms with van der Waals surface area (Å²) in [6.45, 7) is -0.289. The number of hydrogen-bond donors (Lipinski definition) is 2. The fraction of sp³-hybridized carbons (Fsp3) is 0.174. The number of carbonyl (C=O) groups excluding carboxylic acids is 2. The largest absolute Gasteiger partial charge is 0.417 e. The van der Waals surface area contributed by atoms with Crippen LogP contribution >= 0.6 is 0 Å². The van der Waals surface area contributed by atoms with Crippen molar-refractivity contribution in [3.8, 4) is 0 Å². The van der Waals surface area contributed by atoms with Gasteiger partial charge in [-0.2, -0.15) is 39.5 Å². The van der Waals surface area contributed by atoms with Crippen LogP contribution in [0.3, 0.4) is 0 Å². The van der Waals surface area contributed by atoms with Crippen LogP contribution in [-0.2, 0) is 25.1 Å². The Hall–Kier alpha value is -4.30. The summed E-state index contributed by atoms with van der Waals surface area (Å²) in [5.74, 6) is -1.09. The van der Waals surface area contributed by atoms with Crippen molar-refractivity contribution in [1.29, 1.82) is 0 Å². The SMILES string of the molecule is O=C(NC(=O)c1ccc(Cn2cc(C(F)(F)F)ccc2=O)cc1)Nc1cc(C(F)(F)F)cc(C(F)(F)F)c1. The van der Waals surface area contributed by atoms with Crippen LogP contribution in [0.25, 0.3) is 0 Å². The Morgan fingerprint density at radius 1 is 0.711 bits per heavy atom. The quantitative estimate of drug-likeness (QED) is 0.396. The molecule has 3 rings (SSSR count). The second-order valence-corrected chi connectivity index (χ2v) is 7.78. The molecule has 0 unspecified atom stereocenters. The Bertz CT molecular complexity index is 1370. The lowest BCUT2D eigenvalue weighted by Gasteiger charge is -2.15. The number of halogens is 9. The van der Waals surface area contributed by atoms with E-state index < -0.39 is 58.4 Å². The van der Waals surface area contributed by atoms with Gasteiger partial charge in [0.05, 0.1) is 23.2 Å². The summed E-state index contributed by atoms with van der Waals surface area (Å²) in [5.41, 5.74) is -5.88. The lowest BCUT2D eigenvalue weighted by Crippen LogP contribution is -2.34. The summed E-state index contributed by atoms with van der Waals surface area (Å²) in [4.78, 5) is 36.2. The lowest BCUT2D eigenvalue weighted by molar-refractivity contribution is -0.143. The van der Waals surface area contributed by atoms with Crippen LogP contribution in [-0.4, -0.2) is 16.5 Å². The van der Waals surface area contributed by atoms with E-state index in [1.54, 1.807) is 10.6 Å². The average Bonchev–Trinajstić information content (AvgIpc) is 2.78. The van der Waals surface area contributed by atoms with Gasteiger partial charge in [-0.1, -0.05) is 12.1 Å². The number of anilines is 1. The Morgan fingerprint density at radius 3 is 1.74 bits per heavy atom. The fourth-order valence-corrected chi connectivity index (χ4v) is 3.15. The first-order valence-corrected chi connectivity index (χ1v) is 10.2. The van der Waals surface area contributed by atoms with Crippen molar-refractivity contribution < 1.29 is 49.1 Å². The van der Waals surface area contributed by atoms with Gasteiger partial charge in [-0.25, -0.2) is 4.79 Å². The number of benzene rings is 2. The van der Waals surface area contributed by atoms with E-state index in [2.05, 4.69) is 0 Å². The lowest BCUT2D eigenvalue weighted by atomic mass is 10.1. The zero-order chi connectivity index (χ0) is 28.5. The highest BCUT2D eigenvalue weighted by molar-refractivity contribution is 6.08. The van der Waals surface area contributed by atoms with Gasteiger partial charge in [0.25, 0.3) is 11.5 Å². The molecular formula is C23H14F9N3O3. The number of amides is 3. The van der Waals surface area contributed by atoms with E-state index in [1.807, 2.05) is 0 Å². The maximum absolute atomic E-state index is 13.0. The number of carbonyl (C=O) groups is 2. The van der Waals surface area contributed by atoms with Crippen molar-refractivity contribution >= 4 is 17.6 Å². The van der Waals surface area contributed by atoms with Crippen LogP contribution in [0.1, 0.15) is 32.6 Å². The molecule has 0 fully saturated rings. The number of urea groups is 1. The minimum absolute atomic E-state index is 0.136. The van der Waals surface area contributed by atoms with Gasteiger partial charge in [0.1, 0.15) is 0 Å². The van der Waals surface area contributed by atoms with E-state index in [0.717, 1.165) is 22.8 Å². The van der Waals surface area contributed by atoms with E-state index in [0.29, 0.717) is 17.8 Å². The smallest absolute Gasteiger partial charge is 0.311 e. The molecule has 0 aliphatic carbocycles. The van der Waals surface area contributed by atoms with Gasteiger partial charge in [0, 0.05) is 23.5 Å². The molecule has 0 saturated carbocycles. The molecule has 0 atom stereocenters. The molecule has 0 aliphatic rings. The molecule has 0 aliphatic heterocycles. The van der Waals surface area contributed by atoms with Gasteiger partial charge in [-0.3, -0.25) is 14.9 Å². The van der Waals surface area contributed by atoms with E-state index in [9.17, 15) is 53.9 Å². The molecule has 0 spiro atoms. The molecule has 6 nitrogen and oxygen atoms in total. The first kappa shape index (κ1) is 28.3. The highest BCUT2D eigenvalue weighted by Gasteiger charge is 2.37. The molecule has 3 amide bonds. The highest BCUT2D eigenvalue weighted by atomic mass is 19.4. The molecule has 0 bridgehead atoms. The van der Waals surface area contributed by atoms with Crippen LogP contribution in [0.5, 0.6) is 0 Å². The second kappa shape index (κ2) is 10.2. The van der Waals surface area contributed by atoms with Crippen molar-refractivity contribution in [3.05, 3.63) is 99.0 Å². The zero-order valence-electron chi connectivity index (χ0n) is 18.6. The molecule has 38 heavy (non-hydrogen) atoms. The Labute approximate surface area is 206 Å². The normalized spacial score (nSPS) is 12.2. The van der Waals surface area contributed by atoms with Gasteiger partial charge >= 0.3 is 24.6 Å². The summed E-state index contributed by atoms with van der Waals surface area (Å²) in [7, 11) is 0. The molecule has 3 aromatic rings. The maximum Gasteiger partial charge on any atom is 0.417 e. The predicted octanol–water partition coefficient (Wildman–Crippen LogP) is 5.91. The monoisotopic (exact) mass is 551 g/mol. The molecule has 1 aromatic heterocycles. The van der Waals surface area contributed by atoms with Gasteiger partial charge in [-0.15, -0.1) is 0 Å². The Morgan fingerprint density at radius 2 is 1.24 bits per heavy atom. The first-order valence-electron chi connectivity index (χ1n) is 10.2. The third-order valence-electron chi connectivity index (χ3n) is 4.95. The van der Waals surface area contributed by atoms with Crippen molar-refractivity contribution in [3.63, 3.8) is 0 Å². The predicted molar refractivity (Wildman–Crippen MR) is 114 cm³/mol. The third-order valence-corrected chi connectivity index (χ3v) is 4.95. The van der Waals surface area contributed by atoms with Crippen molar-refractivity contribution in [2.24, 2.45) is 0 Å². The van der Waals surface area contributed by atoms with E-state index >= 15 is 0 Å². The topological polar surface area (TPSA) is 80.2 Å². The van der Waals surface area contributed by atoms with Crippen LogP contribution in [0.4, 0.5) is 50.0 Å². The van der Waals surface area contributed by atoms with Crippen molar-refractivity contribution in [2.75, 3.05) is 5.32 Å². The molecule has 202 valence electrons. The first-order chi connectivity index (χ1) is 17.4. The number of aromatic nitrogens is 1. The number of alkyl halides is 9. The molecule has 2 aromatic carbocycles. The van der Waals surface area contributed by atoms with Gasteiger partial charge in [0.15, 0.2) is 0 Å². The fourth-order valence-electron chi connectivity index (χ4n) is 3.15. The molecule has 1 heterocycles. The number of imide groups is 1. The maximum atomic E-state index is 13.0. The zero-order valence-corrected chi connectivity index (χ0v) is 18.6. The molecule has 0 radical (unpaired) electrons. The minimum atomic E-state index is -5.15. The number of hydrogen-bond acceptors (Lipinski definition) is 3. The summed E-state index contributed by atoms with van der Waals surface area (Å²) in [6, 6.07) is 5.12. The molecule has 0 saturated heterocycles. The van der Waals surface area contributed by atoms with Crippen LogP contribution in [0.15, 0.2) is 65.6 Å². The standard InChI is InChI=1S/C23H14F9N3O3/c24-21(25,26)14-5-6-18(36)35(11-14)10-12-1-3-13(4-2-12)19(37)34-20(38)33-17-8-15(22(27,28)29)7-16(9-17)23(30,31)32/h1-9,11H,10H2,(H2,33,34,37,38). The highest BCUT2D eigenvalue weighted by Crippen LogP contribution is 2.37. The van der Waals surface area contributed by atoms with Crippen LogP contribution < -0.4 is 16.2 Å². The van der Waals surface area contributed by atoms with Gasteiger partial charge in [-0.05, 0) is 42.0 Å². The number of rotatable bonds is 4. The van der Waals surface area contributed by atoms with Crippen molar-refractivity contribution in [2.45, 2.75) is 25.1 Å². The van der Waals surface area contributed by atoms with E-state index in [1.165, 1.54) is 12.1 Å². The number of nitrogens with zero attached hydrogens (tertiary/aromatic N) is 1. The summed E-state index contributed by atoms with van der Waals surface area (Å²) in [6.07, 6.45) is -14.4.